The van der Waals surface area contributed by atoms with Crippen molar-refractivity contribution in [3.05, 3.63) is 60.2 Å². The lowest BCUT2D eigenvalue weighted by Gasteiger charge is -2.23. The third-order valence-electron chi connectivity index (χ3n) is 3.42. The topological polar surface area (TPSA) is 73.9 Å². The van der Waals surface area contributed by atoms with Crippen molar-refractivity contribution in [2.45, 2.75) is 52.4 Å². The maximum Gasteiger partial charge on any atom is 0.408 e. The third kappa shape index (κ3) is 9.92. The quantitative estimate of drug-likeness (QED) is 0.369. The Morgan fingerprint density at radius 3 is 2.46 bits per heavy atom. The number of rotatable bonds is 10. The van der Waals surface area contributed by atoms with Crippen LogP contribution in [0.3, 0.4) is 0 Å². The Hall–Kier alpha value is -2.60. The lowest BCUT2D eigenvalue weighted by Crippen LogP contribution is -2.41. The van der Waals surface area contributed by atoms with Gasteiger partial charge in [0.1, 0.15) is 5.60 Å². The van der Waals surface area contributed by atoms with Crippen LogP contribution in [0.1, 0.15) is 39.7 Å². The number of ether oxygens (including phenoxy) is 3. The lowest BCUT2D eigenvalue weighted by molar-refractivity contribution is -0.138. The van der Waals surface area contributed by atoms with Crippen molar-refractivity contribution in [1.29, 1.82) is 0 Å². The highest BCUT2D eigenvalue weighted by Gasteiger charge is 2.20. The SMILES string of the molecule is C=CC/C(=C\C(COCc1ccccc1)NC(=O)OC(C)(C)C)C(=O)OCC. The minimum Gasteiger partial charge on any atom is -0.463 e. The standard InChI is InChI=1S/C22H31NO5/c1-6-11-18(20(24)27-7-2)14-19(23-21(25)28-22(3,4)5)16-26-15-17-12-9-8-10-13-17/h6,8-10,12-14,19H,1,7,11,15-16H2,2-5H3,(H,23,25)/b18-14+. The predicted molar refractivity (Wildman–Crippen MR) is 109 cm³/mol. The van der Waals surface area contributed by atoms with Crippen LogP contribution in [0.5, 0.6) is 0 Å². The average Bonchev–Trinajstić information content (AvgIpc) is 2.60. The number of allylic oxidation sites excluding steroid dienone is 1. The van der Waals surface area contributed by atoms with E-state index in [2.05, 4.69) is 11.9 Å². The fourth-order valence-electron chi connectivity index (χ4n) is 2.31. The first-order valence-electron chi connectivity index (χ1n) is 9.35. The summed E-state index contributed by atoms with van der Waals surface area (Å²) >= 11 is 0. The number of carbonyl (C=O) groups is 2. The average molecular weight is 389 g/mol. The number of nitrogens with one attached hydrogen (secondary N) is 1. The van der Waals surface area contributed by atoms with Crippen LogP contribution in [-0.4, -0.2) is 36.9 Å². The van der Waals surface area contributed by atoms with E-state index in [-0.39, 0.29) is 13.2 Å². The molecule has 1 N–H and O–H groups in total. The Bertz CT molecular complexity index is 661. The molecule has 0 saturated heterocycles. The Morgan fingerprint density at radius 2 is 1.89 bits per heavy atom. The minimum absolute atomic E-state index is 0.175. The van der Waals surface area contributed by atoms with Gasteiger partial charge in [0.2, 0.25) is 0 Å². The second kappa shape index (κ2) is 12.0. The molecule has 6 heteroatoms. The van der Waals surface area contributed by atoms with E-state index in [1.165, 1.54) is 0 Å². The van der Waals surface area contributed by atoms with Gasteiger partial charge in [-0.25, -0.2) is 9.59 Å². The van der Waals surface area contributed by atoms with Crippen molar-refractivity contribution in [3.8, 4) is 0 Å². The number of carbonyl (C=O) groups excluding carboxylic acids is 2. The Kier molecular flexibility index (Phi) is 10.0. The van der Waals surface area contributed by atoms with Gasteiger partial charge in [0, 0.05) is 5.57 Å². The molecule has 0 spiro atoms. The van der Waals surface area contributed by atoms with Gasteiger partial charge in [-0.3, -0.25) is 0 Å². The highest BCUT2D eigenvalue weighted by Crippen LogP contribution is 2.11. The van der Waals surface area contributed by atoms with E-state index in [9.17, 15) is 9.59 Å². The molecule has 0 aliphatic heterocycles. The normalized spacial score (nSPS) is 12.8. The molecule has 6 nitrogen and oxygen atoms in total. The molecule has 0 aliphatic carbocycles. The van der Waals surface area contributed by atoms with Crippen LogP contribution in [0.15, 0.2) is 54.6 Å². The number of alkyl carbamates (subject to hydrolysis) is 1. The highest BCUT2D eigenvalue weighted by molar-refractivity contribution is 5.89. The van der Waals surface area contributed by atoms with E-state index in [0.717, 1.165) is 5.56 Å². The molecule has 1 aromatic carbocycles. The molecule has 0 aliphatic rings. The van der Waals surface area contributed by atoms with Gasteiger partial charge in [-0.15, -0.1) is 6.58 Å². The molecule has 1 atom stereocenters. The molecule has 0 saturated carbocycles. The van der Waals surface area contributed by atoms with E-state index in [1.54, 1.807) is 39.8 Å². The number of esters is 1. The van der Waals surface area contributed by atoms with Gasteiger partial charge in [0.05, 0.1) is 25.9 Å². The number of hydrogen-bond acceptors (Lipinski definition) is 5. The summed E-state index contributed by atoms with van der Waals surface area (Å²) in [6.45, 7) is 11.6. The minimum atomic E-state index is -0.631. The Balaban J connectivity index is 2.87. The maximum absolute atomic E-state index is 12.2. The van der Waals surface area contributed by atoms with Crippen LogP contribution in [0.4, 0.5) is 4.79 Å². The van der Waals surface area contributed by atoms with Gasteiger partial charge < -0.3 is 19.5 Å². The molecule has 1 rings (SSSR count). The van der Waals surface area contributed by atoms with Crippen LogP contribution < -0.4 is 5.32 Å². The Labute approximate surface area is 167 Å². The molecular weight excluding hydrogens is 358 g/mol. The summed E-state index contributed by atoms with van der Waals surface area (Å²) < 4.78 is 16.1. The molecule has 0 heterocycles. The van der Waals surface area contributed by atoms with Gasteiger partial charge in [-0.2, -0.15) is 0 Å². The number of amides is 1. The molecule has 1 aromatic rings. The van der Waals surface area contributed by atoms with Gasteiger partial charge in [0.25, 0.3) is 0 Å². The summed E-state index contributed by atoms with van der Waals surface area (Å²) in [6, 6.07) is 9.13. The summed E-state index contributed by atoms with van der Waals surface area (Å²) in [7, 11) is 0. The van der Waals surface area contributed by atoms with Crippen LogP contribution in [-0.2, 0) is 25.6 Å². The molecule has 154 valence electrons. The molecular formula is C22H31NO5. The first-order chi connectivity index (χ1) is 13.2. The smallest absolute Gasteiger partial charge is 0.408 e. The predicted octanol–water partition coefficient (Wildman–Crippen LogP) is 4.16. The van der Waals surface area contributed by atoms with Crippen LogP contribution in [0.25, 0.3) is 0 Å². The maximum atomic E-state index is 12.2. The fraction of sp³-hybridized carbons (Fsp3) is 0.455. The van der Waals surface area contributed by atoms with Gasteiger partial charge in [-0.05, 0) is 45.8 Å². The van der Waals surface area contributed by atoms with E-state index < -0.39 is 23.7 Å². The molecule has 28 heavy (non-hydrogen) atoms. The van der Waals surface area contributed by atoms with E-state index in [4.69, 9.17) is 14.2 Å². The zero-order valence-corrected chi connectivity index (χ0v) is 17.2. The summed E-state index contributed by atoms with van der Waals surface area (Å²) in [5.41, 5.74) is 0.786. The van der Waals surface area contributed by atoms with Crippen LogP contribution in [0.2, 0.25) is 0 Å². The van der Waals surface area contributed by atoms with Crippen LogP contribution >= 0.6 is 0 Å². The molecule has 0 bridgehead atoms. The van der Waals surface area contributed by atoms with Gasteiger partial charge in [0.15, 0.2) is 0 Å². The third-order valence-corrected chi connectivity index (χ3v) is 3.42. The van der Waals surface area contributed by atoms with Crippen molar-refractivity contribution in [3.63, 3.8) is 0 Å². The summed E-state index contributed by atoms with van der Waals surface area (Å²) in [6.07, 6.45) is 2.98. The van der Waals surface area contributed by atoms with Gasteiger partial charge in [-0.1, -0.05) is 36.4 Å². The second-order valence-electron chi connectivity index (χ2n) is 7.16. The molecule has 0 radical (unpaired) electrons. The van der Waals surface area contributed by atoms with Crippen molar-refractivity contribution in [1.82, 2.24) is 5.32 Å². The van der Waals surface area contributed by atoms with Crippen LogP contribution in [0, 0.1) is 0 Å². The zero-order chi connectivity index (χ0) is 21.0. The highest BCUT2D eigenvalue weighted by atomic mass is 16.6. The second-order valence-corrected chi connectivity index (χ2v) is 7.16. The molecule has 0 fully saturated rings. The van der Waals surface area contributed by atoms with Crippen molar-refractivity contribution in [2.24, 2.45) is 0 Å². The van der Waals surface area contributed by atoms with E-state index in [1.807, 2.05) is 30.3 Å². The fourth-order valence-corrected chi connectivity index (χ4v) is 2.31. The summed E-state index contributed by atoms with van der Waals surface area (Å²) in [4.78, 5) is 24.3. The summed E-state index contributed by atoms with van der Waals surface area (Å²) in [5, 5.41) is 2.74. The molecule has 0 aromatic heterocycles. The van der Waals surface area contributed by atoms with E-state index in [0.29, 0.717) is 18.6 Å². The van der Waals surface area contributed by atoms with Gasteiger partial charge >= 0.3 is 12.1 Å². The number of hydrogen-bond donors (Lipinski definition) is 1. The van der Waals surface area contributed by atoms with Crippen molar-refractivity contribution in [2.75, 3.05) is 13.2 Å². The monoisotopic (exact) mass is 389 g/mol. The molecule has 1 amide bonds. The first kappa shape index (κ1) is 23.4. The Morgan fingerprint density at radius 1 is 1.21 bits per heavy atom. The lowest BCUT2D eigenvalue weighted by atomic mass is 10.1. The largest absolute Gasteiger partial charge is 0.463 e. The number of benzene rings is 1. The zero-order valence-electron chi connectivity index (χ0n) is 17.2. The molecule has 1 unspecified atom stereocenters. The first-order valence-corrected chi connectivity index (χ1v) is 9.35. The van der Waals surface area contributed by atoms with Crippen molar-refractivity contribution >= 4 is 12.1 Å². The summed E-state index contributed by atoms with van der Waals surface area (Å²) in [5.74, 6) is -0.443. The van der Waals surface area contributed by atoms with E-state index >= 15 is 0 Å². The van der Waals surface area contributed by atoms with Crippen molar-refractivity contribution < 1.29 is 23.8 Å².